The van der Waals surface area contributed by atoms with Crippen LogP contribution in [-0.4, -0.2) is 16.2 Å². The van der Waals surface area contributed by atoms with Crippen LogP contribution in [0.25, 0.3) is 27.6 Å². The van der Waals surface area contributed by atoms with Crippen molar-refractivity contribution in [2.75, 3.05) is 16.5 Å². The average molecular weight is 917 g/mol. The zero-order chi connectivity index (χ0) is 47.6. The molecule has 7 aromatic carbocycles. The number of benzene rings is 7. The van der Waals surface area contributed by atoms with Crippen molar-refractivity contribution in [1.82, 2.24) is 9.55 Å². The summed E-state index contributed by atoms with van der Waals surface area (Å²) in [6.07, 6.45) is 11.4. The summed E-state index contributed by atoms with van der Waals surface area (Å²) in [5.41, 5.74) is 15.3. The molecule has 12 rings (SSSR count). The predicted molar refractivity (Wildman–Crippen MR) is 291 cm³/mol. The molecule has 0 N–H and O–H groups in total. The van der Waals surface area contributed by atoms with Gasteiger partial charge in [-0.15, -0.1) is 0 Å². The summed E-state index contributed by atoms with van der Waals surface area (Å²) in [7, 11) is 0. The first kappa shape index (κ1) is 44.1. The molecule has 0 amide bonds. The van der Waals surface area contributed by atoms with Gasteiger partial charge in [-0.3, -0.25) is 4.57 Å². The lowest BCUT2D eigenvalue weighted by Crippen LogP contribution is -2.34. The van der Waals surface area contributed by atoms with Crippen molar-refractivity contribution in [3.8, 4) is 17.3 Å². The van der Waals surface area contributed by atoms with Gasteiger partial charge in [0.1, 0.15) is 24.0 Å². The number of pyridine rings is 1. The predicted octanol–water partition coefficient (Wildman–Crippen LogP) is 17.4. The van der Waals surface area contributed by atoms with Crippen LogP contribution in [0.2, 0.25) is 0 Å². The molecule has 1 aliphatic heterocycles. The van der Waals surface area contributed by atoms with Crippen molar-refractivity contribution in [3.05, 3.63) is 216 Å². The molecule has 350 valence electrons. The molecule has 70 heavy (non-hydrogen) atoms. The molecular formula is C65H64N4O. The number of ether oxygens (including phenoxy) is 1. The second-order valence-corrected chi connectivity index (χ2v) is 21.7. The standard InChI is InChI=1S/C65H64N4O/c1-45(2)46-39-50(42-52(40-46)70-51-31-32-54-53-25-12-13-28-57(53)69(60(54)43-51)61-41-49(33-38-66-61)63(3,4)5)67-44-68(59-30-15-14-29-58(59)67)62-55(64(34-16-17-35-64)47-21-8-6-9-22-47)26-20-27-56(62)65(36-18-19-37-65)48-23-10-7-11-24-48/h6-15,20-33,38-43,45H,16-19,34-37,44H2,1-5H3. The lowest BCUT2D eigenvalue weighted by molar-refractivity contribution is 0.482. The minimum absolute atomic E-state index is 0.0109. The monoisotopic (exact) mass is 917 g/mol. The van der Waals surface area contributed by atoms with E-state index in [1.165, 1.54) is 86.9 Å². The molecule has 0 unspecified atom stereocenters. The van der Waals surface area contributed by atoms with Gasteiger partial charge in [-0.05, 0) is 125 Å². The number of fused-ring (bicyclic) bond motifs is 4. The Kier molecular flexibility index (Phi) is 11.0. The van der Waals surface area contributed by atoms with E-state index in [9.17, 15) is 0 Å². The van der Waals surface area contributed by atoms with E-state index in [0.717, 1.165) is 59.7 Å². The van der Waals surface area contributed by atoms with Crippen molar-refractivity contribution in [3.63, 3.8) is 0 Å². The van der Waals surface area contributed by atoms with Crippen molar-refractivity contribution < 1.29 is 4.74 Å². The quantitative estimate of drug-likeness (QED) is 0.137. The highest BCUT2D eigenvalue weighted by Gasteiger charge is 2.46. The molecule has 0 spiro atoms. The smallest absolute Gasteiger partial charge is 0.137 e. The fraction of sp³-hybridized carbons (Fsp3) is 0.277. The highest BCUT2D eigenvalue weighted by atomic mass is 16.5. The first-order chi connectivity index (χ1) is 34.1. The van der Waals surface area contributed by atoms with Crippen LogP contribution in [0.1, 0.15) is 125 Å². The molecule has 3 heterocycles. The summed E-state index contributed by atoms with van der Waals surface area (Å²) in [5, 5.41) is 2.37. The minimum Gasteiger partial charge on any atom is -0.457 e. The number of hydrogen-bond acceptors (Lipinski definition) is 4. The zero-order valence-corrected chi connectivity index (χ0v) is 41.5. The number of nitrogens with zero attached hydrogens (tertiary/aromatic N) is 4. The van der Waals surface area contributed by atoms with Crippen LogP contribution in [0.5, 0.6) is 11.5 Å². The summed E-state index contributed by atoms with van der Waals surface area (Å²) in [6, 6.07) is 65.9. The van der Waals surface area contributed by atoms with Crippen molar-refractivity contribution >= 4 is 44.6 Å². The molecule has 2 fully saturated rings. The SMILES string of the molecule is CC(C)c1cc(Oc2ccc3c4ccccc4n(-c4cc(C(C)(C)C)ccn4)c3c2)cc(N2CN(c3c(C4(c5ccccc5)CCCC4)cccc3C3(c4ccccc4)CCCC3)c3ccccc32)c1. The molecule has 3 aliphatic rings. The number of anilines is 4. The Morgan fingerprint density at radius 1 is 0.529 bits per heavy atom. The number of aromatic nitrogens is 2. The largest absolute Gasteiger partial charge is 0.457 e. The van der Waals surface area contributed by atoms with E-state index in [1.807, 2.05) is 6.20 Å². The molecule has 0 bridgehead atoms. The number of rotatable bonds is 10. The Hall–Kier alpha value is -7.11. The summed E-state index contributed by atoms with van der Waals surface area (Å²) in [4.78, 5) is 10.2. The Balaban J connectivity index is 0.991. The highest BCUT2D eigenvalue weighted by molar-refractivity contribution is 6.09. The zero-order valence-electron chi connectivity index (χ0n) is 41.5. The van der Waals surface area contributed by atoms with Crippen molar-refractivity contribution in [2.24, 2.45) is 0 Å². The highest BCUT2D eigenvalue weighted by Crippen LogP contribution is 2.58. The van der Waals surface area contributed by atoms with Gasteiger partial charge in [0.25, 0.3) is 0 Å². The van der Waals surface area contributed by atoms with Crippen LogP contribution < -0.4 is 14.5 Å². The van der Waals surface area contributed by atoms with Gasteiger partial charge in [0.05, 0.1) is 28.1 Å². The van der Waals surface area contributed by atoms with Crippen LogP contribution in [0, 0.1) is 0 Å². The van der Waals surface area contributed by atoms with E-state index in [4.69, 9.17) is 9.72 Å². The normalized spacial score (nSPS) is 16.4. The van der Waals surface area contributed by atoms with Crippen LogP contribution in [0.4, 0.5) is 22.7 Å². The summed E-state index contributed by atoms with van der Waals surface area (Å²) < 4.78 is 9.36. The minimum atomic E-state index is -0.0811. The van der Waals surface area contributed by atoms with Crippen molar-refractivity contribution in [1.29, 1.82) is 0 Å². The van der Waals surface area contributed by atoms with Gasteiger partial charge >= 0.3 is 0 Å². The first-order valence-electron chi connectivity index (χ1n) is 25.8. The maximum atomic E-state index is 7.07. The average Bonchev–Trinajstić information content (AvgIpc) is 4.22. The molecule has 9 aromatic rings. The van der Waals surface area contributed by atoms with E-state index in [2.05, 4.69) is 225 Å². The number of hydrogen-bond donors (Lipinski definition) is 0. The Labute approximate surface area is 414 Å². The molecule has 2 aliphatic carbocycles. The molecule has 0 radical (unpaired) electrons. The Bertz CT molecular complexity index is 3290. The van der Waals surface area contributed by atoms with Crippen LogP contribution in [-0.2, 0) is 16.2 Å². The molecular weight excluding hydrogens is 853 g/mol. The third kappa shape index (κ3) is 7.39. The van der Waals surface area contributed by atoms with Crippen LogP contribution >= 0.6 is 0 Å². The summed E-state index contributed by atoms with van der Waals surface area (Å²) >= 11 is 0. The van der Waals surface area contributed by atoms with Crippen LogP contribution in [0.15, 0.2) is 182 Å². The van der Waals surface area contributed by atoms with Gasteiger partial charge < -0.3 is 14.5 Å². The second-order valence-electron chi connectivity index (χ2n) is 21.7. The van der Waals surface area contributed by atoms with Gasteiger partial charge in [0, 0.05) is 45.6 Å². The van der Waals surface area contributed by atoms with E-state index in [-0.39, 0.29) is 22.2 Å². The fourth-order valence-corrected chi connectivity index (χ4v) is 12.7. The fourth-order valence-electron chi connectivity index (χ4n) is 12.7. The maximum Gasteiger partial charge on any atom is 0.137 e. The number of para-hydroxylation sites is 4. The molecule has 0 saturated heterocycles. The van der Waals surface area contributed by atoms with Gasteiger partial charge in [0.2, 0.25) is 0 Å². The van der Waals surface area contributed by atoms with Gasteiger partial charge in [-0.25, -0.2) is 4.98 Å². The van der Waals surface area contributed by atoms with E-state index in [1.54, 1.807) is 0 Å². The molecule has 2 saturated carbocycles. The first-order valence-corrected chi connectivity index (χ1v) is 25.8. The maximum absolute atomic E-state index is 7.07. The van der Waals surface area contributed by atoms with E-state index < -0.39 is 0 Å². The van der Waals surface area contributed by atoms with Gasteiger partial charge in [-0.1, -0.05) is 169 Å². The second kappa shape index (κ2) is 17.4. The molecule has 0 atom stereocenters. The van der Waals surface area contributed by atoms with Gasteiger partial charge in [-0.2, -0.15) is 0 Å². The Morgan fingerprint density at radius 3 is 1.74 bits per heavy atom. The van der Waals surface area contributed by atoms with E-state index in [0.29, 0.717) is 6.67 Å². The van der Waals surface area contributed by atoms with E-state index >= 15 is 0 Å². The molecule has 2 aromatic heterocycles. The topological polar surface area (TPSA) is 33.5 Å². The third-order valence-electron chi connectivity index (χ3n) is 16.3. The summed E-state index contributed by atoms with van der Waals surface area (Å²) in [5.74, 6) is 2.82. The van der Waals surface area contributed by atoms with Gasteiger partial charge in [0.15, 0.2) is 0 Å². The lowest BCUT2D eigenvalue weighted by Gasteiger charge is -2.40. The van der Waals surface area contributed by atoms with Crippen LogP contribution in [0.3, 0.4) is 0 Å². The Morgan fingerprint density at radius 2 is 1.11 bits per heavy atom. The molecule has 5 nitrogen and oxygen atoms in total. The summed E-state index contributed by atoms with van der Waals surface area (Å²) in [6.45, 7) is 12.0. The molecule has 5 heteroatoms. The van der Waals surface area contributed by atoms with Crippen molar-refractivity contribution in [2.45, 2.75) is 108 Å². The third-order valence-corrected chi connectivity index (χ3v) is 16.3. The lowest BCUT2D eigenvalue weighted by atomic mass is 9.67.